The fourth-order valence-corrected chi connectivity index (χ4v) is 2.04. The second kappa shape index (κ2) is 6.71. The second-order valence-corrected chi connectivity index (χ2v) is 5.01. The summed E-state index contributed by atoms with van der Waals surface area (Å²) in [5.74, 6) is -2.02. The standard InChI is InChI=1S/C15H18N2O3/c1-9-6-10(2)8-12(7-9)14(18)17-13(15(19)20)11(3)4-5-16/h6-8,11,13H,4H2,1-3H3,(H,17,18)(H,19,20)/t11-,13+/m0/s1. The summed E-state index contributed by atoms with van der Waals surface area (Å²) in [6.07, 6.45) is 0.0735. The van der Waals surface area contributed by atoms with Crippen LogP contribution in [0, 0.1) is 31.1 Å². The van der Waals surface area contributed by atoms with Crippen LogP contribution in [0.5, 0.6) is 0 Å². The monoisotopic (exact) mass is 274 g/mol. The number of aryl methyl sites for hydroxylation is 2. The second-order valence-electron chi connectivity index (χ2n) is 5.01. The van der Waals surface area contributed by atoms with E-state index in [4.69, 9.17) is 10.4 Å². The van der Waals surface area contributed by atoms with Gasteiger partial charge in [-0.3, -0.25) is 4.79 Å². The van der Waals surface area contributed by atoms with Crippen LogP contribution in [0.1, 0.15) is 34.8 Å². The number of carbonyl (C=O) groups is 2. The van der Waals surface area contributed by atoms with Gasteiger partial charge in [0.25, 0.3) is 5.91 Å². The molecule has 0 unspecified atom stereocenters. The lowest BCUT2D eigenvalue weighted by molar-refractivity contribution is -0.140. The number of carboxylic acid groups (broad SMARTS) is 1. The predicted octanol–water partition coefficient (Wildman–Crippen LogP) is 2.04. The van der Waals surface area contributed by atoms with Crippen LogP contribution in [0.2, 0.25) is 0 Å². The average molecular weight is 274 g/mol. The molecule has 0 aliphatic rings. The Bertz CT molecular complexity index is 540. The van der Waals surface area contributed by atoms with E-state index in [2.05, 4.69) is 5.32 Å². The Balaban J connectivity index is 2.91. The molecule has 2 atom stereocenters. The maximum atomic E-state index is 12.1. The van der Waals surface area contributed by atoms with Crippen LogP contribution in [-0.4, -0.2) is 23.0 Å². The van der Waals surface area contributed by atoms with Gasteiger partial charge in [-0.2, -0.15) is 5.26 Å². The van der Waals surface area contributed by atoms with Crippen LogP contribution >= 0.6 is 0 Å². The van der Waals surface area contributed by atoms with Gasteiger partial charge in [0, 0.05) is 17.9 Å². The highest BCUT2D eigenvalue weighted by atomic mass is 16.4. The first-order valence-electron chi connectivity index (χ1n) is 6.34. The molecule has 20 heavy (non-hydrogen) atoms. The highest BCUT2D eigenvalue weighted by Crippen LogP contribution is 2.12. The summed E-state index contributed by atoms with van der Waals surface area (Å²) in [5, 5.41) is 20.3. The minimum absolute atomic E-state index is 0.0735. The highest BCUT2D eigenvalue weighted by molar-refractivity contribution is 5.97. The molecule has 0 saturated heterocycles. The van der Waals surface area contributed by atoms with Crippen LogP contribution in [0.15, 0.2) is 18.2 Å². The lowest BCUT2D eigenvalue weighted by Gasteiger charge is -2.19. The van der Waals surface area contributed by atoms with Gasteiger partial charge in [-0.25, -0.2) is 4.79 Å². The molecule has 1 aromatic rings. The summed E-state index contributed by atoms with van der Waals surface area (Å²) in [6.45, 7) is 5.37. The summed E-state index contributed by atoms with van der Waals surface area (Å²) in [5.41, 5.74) is 2.30. The van der Waals surface area contributed by atoms with Gasteiger partial charge >= 0.3 is 5.97 Å². The van der Waals surface area contributed by atoms with E-state index in [0.29, 0.717) is 5.56 Å². The van der Waals surface area contributed by atoms with Crippen molar-refractivity contribution in [1.82, 2.24) is 5.32 Å². The smallest absolute Gasteiger partial charge is 0.326 e. The third-order valence-electron chi connectivity index (χ3n) is 3.02. The van der Waals surface area contributed by atoms with Gasteiger partial charge in [0.2, 0.25) is 0 Å². The zero-order chi connectivity index (χ0) is 15.3. The topological polar surface area (TPSA) is 90.2 Å². The first kappa shape index (κ1) is 15.7. The van der Waals surface area contributed by atoms with E-state index in [1.807, 2.05) is 26.0 Å². The number of nitriles is 1. The van der Waals surface area contributed by atoms with Crippen molar-refractivity contribution in [3.63, 3.8) is 0 Å². The first-order chi connectivity index (χ1) is 9.35. The molecule has 106 valence electrons. The minimum Gasteiger partial charge on any atom is -0.480 e. The summed E-state index contributed by atoms with van der Waals surface area (Å²) >= 11 is 0. The molecule has 0 saturated carbocycles. The molecule has 1 rings (SSSR count). The van der Waals surface area contributed by atoms with E-state index < -0.39 is 23.8 Å². The van der Waals surface area contributed by atoms with E-state index in [1.165, 1.54) is 0 Å². The molecule has 0 radical (unpaired) electrons. The molecule has 0 aliphatic carbocycles. The Kier molecular flexibility index (Phi) is 5.27. The largest absolute Gasteiger partial charge is 0.480 e. The summed E-state index contributed by atoms with van der Waals surface area (Å²) < 4.78 is 0. The van der Waals surface area contributed by atoms with Crippen molar-refractivity contribution in [2.75, 3.05) is 0 Å². The zero-order valence-corrected chi connectivity index (χ0v) is 11.8. The fraction of sp³-hybridized carbons (Fsp3) is 0.400. The number of benzene rings is 1. The lowest BCUT2D eigenvalue weighted by Crippen LogP contribution is -2.45. The van der Waals surface area contributed by atoms with Gasteiger partial charge in [-0.1, -0.05) is 24.1 Å². The minimum atomic E-state index is -1.13. The maximum Gasteiger partial charge on any atom is 0.326 e. The predicted molar refractivity (Wildman–Crippen MR) is 74.2 cm³/mol. The Morgan fingerprint density at radius 1 is 1.30 bits per heavy atom. The molecule has 5 heteroatoms. The Morgan fingerprint density at radius 3 is 2.30 bits per heavy atom. The number of rotatable bonds is 5. The molecule has 0 spiro atoms. The van der Waals surface area contributed by atoms with E-state index in [1.54, 1.807) is 19.1 Å². The van der Waals surface area contributed by atoms with Crippen molar-refractivity contribution in [2.24, 2.45) is 5.92 Å². The maximum absolute atomic E-state index is 12.1. The number of hydrogen-bond acceptors (Lipinski definition) is 3. The third-order valence-corrected chi connectivity index (χ3v) is 3.02. The van der Waals surface area contributed by atoms with E-state index in [9.17, 15) is 9.59 Å². The number of aliphatic carboxylic acids is 1. The van der Waals surface area contributed by atoms with Crippen molar-refractivity contribution in [3.8, 4) is 6.07 Å². The number of hydrogen-bond donors (Lipinski definition) is 2. The van der Waals surface area contributed by atoms with Crippen molar-refractivity contribution >= 4 is 11.9 Å². The molecular weight excluding hydrogens is 256 g/mol. The van der Waals surface area contributed by atoms with E-state index in [-0.39, 0.29) is 6.42 Å². The van der Waals surface area contributed by atoms with Crippen molar-refractivity contribution in [1.29, 1.82) is 5.26 Å². The zero-order valence-electron chi connectivity index (χ0n) is 11.8. The summed E-state index contributed by atoms with van der Waals surface area (Å²) in [4.78, 5) is 23.3. The fourth-order valence-electron chi connectivity index (χ4n) is 2.04. The number of amides is 1. The lowest BCUT2D eigenvalue weighted by atomic mass is 9.98. The normalized spacial score (nSPS) is 13.1. The van der Waals surface area contributed by atoms with E-state index >= 15 is 0 Å². The first-order valence-corrected chi connectivity index (χ1v) is 6.34. The number of carboxylic acids is 1. The van der Waals surface area contributed by atoms with Gasteiger partial charge in [-0.15, -0.1) is 0 Å². The molecule has 2 N–H and O–H groups in total. The van der Waals surface area contributed by atoms with Gasteiger partial charge in [-0.05, 0) is 26.0 Å². The molecule has 0 bridgehead atoms. The molecule has 5 nitrogen and oxygen atoms in total. The van der Waals surface area contributed by atoms with Crippen LogP contribution in [0.25, 0.3) is 0 Å². The van der Waals surface area contributed by atoms with Crippen molar-refractivity contribution in [3.05, 3.63) is 34.9 Å². The SMILES string of the molecule is Cc1cc(C)cc(C(=O)N[C@@H](C(=O)O)[C@@H](C)CC#N)c1. The Morgan fingerprint density at radius 2 is 1.85 bits per heavy atom. The van der Waals surface area contributed by atoms with Crippen LogP contribution < -0.4 is 5.32 Å². The molecular formula is C15H18N2O3. The van der Waals surface area contributed by atoms with Gasteiger partial charge in [0.05, 0.1) is 6.07 Å². The summed E-state index contributed by atoms with van der Waals surface area (Å²) in [6, 6.07) is 6.20. The van der Waals surface area contributed by atoms with Crippen molar-refractivity contribution < 1.29 is 14.7 Å². The highest BCUT2D eigenvalue weighted by Gasteiger charge is 2.26. The average Bonchev–Trinajstić information content (AvgIpc) is 2.34. The number of nitrogens with one attached hydrogen (secondary N) is 1. The Hall–Kier alpha value is -2.35. The molecule has 0 fully saturated rings. The van der Waals surface area contributed by atoms with Gasteiger partial charge in [0.15, 0.2) is 0 Å². The molecule has 1 aromatic carbocycles. The third kappa shape index (κ3) is 4.09. The van der Waals surface area contributed by atoms with Crippen LogP contribution in [0.3, 0.4) is 0 Å². The molecule has 0 heterocycles. The number of nitrogens with zero attached hydrogens (tertiary/aromatic N) is 1. The van der Waals surface area contributed by atoms with Gasteiger partial charge < -0.3 is 10.4 Å². The quantitative estimate of drug-likeness (QED) is 0.859. The van der Waals surface area contributed by atoms with Crippen LogP contribution in [0.4, 0.5) is 0 Å². The summed E-state index contributed by atoms with van der Waals surface area (Å²) in [7, 11) is 0. The van der Waals surface area contributed by atoms with Crippen molar-refractivity contribution in [2.45, 2.75) is 33.2 Å². The van der Waals surface area contributed by atoms with Gasteiger partial charge in [0.1, 0.15) is 6.04 Å². The molecule has 0 aliphatic heterocycles. The molecule has 0 aromatic heterocycles. The molecule has 1 amide bonds. The Labute approximate surface area is 118 Å². The van der Waals surface area contributed by atoms with Crippen LogP contribution in [-0.2, 0) is 4.79 Å². The number of carbonyl (C=O) groups excluding carboxylic acids is 1. The van der Waals surface area contributed by atoms with E-state index in [0.717, 1.165) is 11.1 Å².